The molecule has 0 saturated heterocycles. The summed E-state index contributed by atoms with van der Waals surface area (Å²) in [5, 5.41) is 40.8. The summed E-state index contributed by atoms with van der Waals surface area (Å²) < 4.78 is 22.9. The predicted octanol–water partition coefficient (Wildman–Crippen LogP) is 8.78. The molecule has 0 aromatic rings. The Morgan fingerprint density at radius 3 is 0.650 bits per heavy atom. The van der Waals surface area contributed by atoms with Gasteiger partial charge in [0.15, 0.2) is 24.2 Å². The number of rotatable bonds is 8. The number of carbonyl (C=O) groups is 4. The fraction of sp³-hybridized carbons (Fsp3) is 0.875. The quantitative estimate of drug-likeness (QED) is 0.132. The molecule has 0 aromatic heterocycles. The first kappa shape index (κ1) is 61.0. The second-order valence-electron chi connectivity index (χ2n) is 31.1. The van der Waals surface area contributed by atoms with Gasteiger partial charge in [-0.2, -0.15) is 0 Å². The lowest BCUT2D eigenvalue weighted by atomic mass is 9.70. The van der Waals surface area contributed by atoms with Gasteiger partial charge in [-0.15, -0.1) is 0 Å². The summed E-state index contributed by atoms with van der Waals surface area (Å²) in [6, 6.07) is -2.94. The van der Waals surface area contributed by atoms with Gasteiger partial charge in [0, 0.05) is 45.3 Å². The first-order valence-electron chi connectivity index (χ1n) is 30.6. The molecule has 0 radical (unpaired) electrons. The van der Waals surface area contributed by atoms with Crippen LogP contribution in [0.1, 0.15) is 190 Å². The molecule has 12 aliphatic rings. The number of hydrogen-bond acceptors (Lipinski definition) is 16. The van der Waals surface area contributed by atoms with Gasteiger partial charge < -0.3 is 39.4 Å². The van der Waals surface area contributed by atoms with Crippen molar-refractivity contribution in [1.29, 1.82) is 0 Å². The van der Waals surface area contributed by atoms with Gasteiger partial charge in [-0.25, -0.2) is 19.2 Å². The zero-order chi connectivity index (χ0) is 59.5. The fourth-order valence-corrected chi connectivity index (χ4v) is 17.4. The summed E-state index contributed by atoms with van der Waals surface area (Å²) in [5.41, 5.74) is 4.45. The zero-order valence-electron chi connectivity index (χ0n) is 52.0. The van der Waals surface area contributed by atoms with Gasteiger partial charge in [-0.1, -0.05) is 138 Å². The molecule has 0 unspecified atom stereocenters. The van der Waals surface area contributed by atoms with E-state index in [0.29, 0.717) is 23.7 Å². The number of aliphatic hydroxyl groups excluding tert-OH is 4. The molecular formula is C64H100N4O12. The zero-order valence-corrected chi connectivity index (χ0v) is 52.0. The summed E-state index contributed by atoms with van der Waals surface area (Å²) in [6.07, 6.45) is 5.02. The molecular weight excluding hydrogens is 1020 g/mol. The number of carbonyl (C=O) groups excluding carboxylic acids is 4. The van der Waals surface area contributed by atoms with Gasteiger partial charge in [0.2, 0.25) is 0 Å². The van der Waals surface area contributed by atoms with Crippen LogP contribution in [-0.4, -0.2) is 140 Å². The molecule has 8 saturated carbocycles. The van der Waals surface area contributed by atoms with Gasteiger partial charge in [-0.05, 0) is 96.7 Å². The highest BCUT2D eigenvalue weighted by Gasteiger charge is 2.72. The molecule has 0 amide bonds. The number of nitrogens with zero attached hydrogens (tertiary/aromatic N) is 4. The smallest absolute Gasteiger partial charge is 0.334 e. The third kappa shape index (κ3) is 8.56. The Labute approximate surface area is 477 Å². The second-order valence-corrected chi connectivity index (χ2v) is 31.1. The number of aliphatic imine (C=N–C) groups is 4. The SMILES string of the molecule is CC(C)[C@H](O)[C@@H]1N=C2[C@H]3CC[C@@](C)([C@@H]2OC1=O)C3(C)C.CC(C)[C@H](O)[C@@H]1N=C2[C@H]3CC[C@@](C)([C@@H]2OC1=O)C3(C)C.CC(C)[C@H](O)[C@@H]1N=C2[C@H]3CC[C@@](C)([C@@H]2OC1=O)C3(C)C.CC(C)[C@H](O)[C@@H]1N=C2[C@H]3CC[C@@](C)([C@@H]2OC1=O)C3(C)C. The van der Waals surface area contributed by atoms with E-state index in [1.54, 1.807) is 0 Å². The highest BCUT2D eigenvalue weighted by Crippen LogP contribution is 2.69. The van der Waals surface area contributed by atoms with E-state index in [-0.39, 0.29) is 115 Å². The predicted molar refractivity (Wildman–Crippen MR) is 306 cm³/mol. The maximum Gasteiger partial charge on any atom is 0.334 e. The van der Waals surface area contributed by atoms with Crippen LogP contribution in [0.2, 0.25) is 0 Å². The monoisotopic (exact) mass is 1120 g/mol. The second kappa shape index (κ2) is 20.0. The van der Waals surface area contributed by atoms with Crippen LogP contribution in [0, 0.1) is 90.7 Å². The topological polar surface area (TPSA) is 236 Å². The van der Waals surface area contributed by atoms with Crippen LogP contribution in [0.4, 0.5) is 0 Å². The lowest BCUT2D eigenvalue weighted by Crippen LogP contribution is -2.50. The van der Waals surface area contributed by atoms with E-state index >= 15 is 0 Å². The molecule has 0 spiro atoms. The average Bonchev–Trinajstić information content (AvgIpc) is 4.12. The minimum Gasteiger partial charge on any atom is -0.454 e. The van der Waals surface area contributed by atoms with E-state index in [2.05, 4.69) is 103 Å². The highest BCUT2D eigenvalue weighted by molar-refractivity contribution is 6.04. The van der Waals surface area contributed by atoms with Crippen LogP contribution >= 0.6 is 0 Å². The van der Waals surface area contributed by atoms with Gasteiger partial charge >= 0.3 is 23.9 Å². The van der Waals surface area contributed by atoms with Crippen LogP contribution < -0.4 is 0 Å². The summed E-state index contributed by atoms with van der Waals surface area (Å²) in [6.45, 7) is 42.1. The summed E-state index contributed by atoms with van der Waals surface area (Å²) >= 11 is 0. The lowest BCUT2D eigenvalue weighted by Gasteiger charge is -2.40. The Morgan fingerprint density at radius 2 is 0.500 bits per heavy atom. The molecule has 16 nitrogen and oxygen atoms in total. The van der Waals surface area contributed by atoms with Crippen molar-refractivity contribution in [2.24, 2.45) is 111 Å². The normalized spacial score (nSPS) is 43.2. The van der Waals surface area contributed by atoms with E-state index < -0.39 is 48.6 Å². The van der Waals surface area contributed by atoms with Crippen LogP contribution in [0.3, 0.4) is 0 Å². The van der Waals surface area contributed by atoms with E-state index in [9.17, 15) is 39.6 Å². The molecule has 0 aromatic carbocycles. The minimum absolute atomic E-state index is 0.00404. The van der Waals surface area contributed by atoms with Crippen molar-refractivity contribution in [1.82, 2.24) is 0 Å². The van der Waals surface area contributed by atoms with Crippen molar-refractivity contribution in [3.05, 3.63) is 0 Å². The first-order chi connectivity index (χ1) is 36.8. The van der Waals surface area contributed by atoms with Crippen LogP contribution in [0.5, 0.6) is 0 Å². The number of hydrogen-bond donors (Lipinski definition) is 4. The Kier molecular flexibility index (Phi) is 15.3. The molecule has 8 aliphatic carbocycles. The Bertz CT molecular complexity index is 2280. The third-order valence-corrected chi connectivity index (χ3v) is 25.1. The number of aliphatic hydroxyl groups is 4. The maximum atomic E-state index is 12.2. The molecule has 4 aliphatic heterocycles. The lowest BCUT2D eigenvalue weighted by molar-refractivity contribution is -0.160. The van der Waals surface area contributed by atoms with Crippen molar-refractivity contribution in [2.75, 3.05) is 0 Å². The van der Waals surface area contributed by atoms with Crippen molar-refractivity contribution >= 4 is 46.7 Å². The summed E-state index contributed by atoms with van der Waals surface area (Å²) in [4.78, 5) is 67.5. The van der Waals surface area contributed by atoms with Crippen LogP contribution in [0.25, 0.3) is 0 Å². The molecule has 4 N–H and O–H groups in total. The maximum absolute atomic E-state index is 12.2. The number of fused-ring (bicyclic) bond motifs is 20. The van der Waals surface area contributed by atoms with Crippen molar-refractivity contribution in [2.45, 2.75) is 263 Å². The van der Waals surface area contributed by atoms with Crippen molar-refractivity contribution < 1.29 is 58.6 Å². The number of esters is 4. The summed E-state index contributed by atoms with van der Waals surface area (Å²) in [7, 11) is 0. The molecule has 448 valence electrons. The molecule has 20 atom stereocenters. The van der Waals surface area contributed by atoms with Gasteiger partial charge in [-0.3, -0.25) is 20.0 Å². The van der Waals surface area contributed by atoms with E-state index in [0.717, 1.165) is 74.2 Å². The first-order valence-corrected chi connectivity index (χ1v) is 30.6. The third-order valence-electron chi connectivity index (χ3n) is 25.1. The Hall–Kier alpha value is -3.60. The van der Waals surface area contributed by atoms with Crippen molar-refractivity contribution in [3.63, 3.8) is 0 Å². The molecule has 80 heavy (non-hydrogen) atoms. The van der Waals surface area contributed by atoms with Gasteiger partial charge in [0.05, 0.1) is 47.3 Å². The molecule has 8 bridgehead atoms. The molecule has 12 rings (SSSR count). The van der Waals surface area contributed by atoms with Gasteiger partial charge in [0.1, 0.15) is 24.4 Å². The molecule has 4 heterocycles. The number of ether oxygens (including phenoxy) is 4. The van der Waals surface area contributed by atoms with Crippen LogP contribution in [-0.2, 0) is 38.1 Å². The van der Waals surface area contributed by atoms with Gasteiger partial charge in [0.25, 0.3) is 0 Å². The standard InChI is InChI=1S/4C16H25NO3/c4*1-8(2)12(18)11-14(19)20-13-10(17-11)9-6-7-16(13,5)15(9,3)4/h4*8-9,11-13,18H,6-7H2,1-5H3/t4*9-,11+,12+,13-,16+/m1111/s1. The Balaban J connectivity index is 0.000000129. The van der Waals surface area contributed by atoms with E-state index in [1.165, 1.54) is 0 Å². The fourth-order valence-electron chi connectivity index (χ4n) is 17.4. The molecule has 8 fully saturated rings. The summed E-state index contributed by atoms with van der Waals surface area (Å²) in [5.74, 6) is 0.0838. The van der Waals surface area contributed by atoms with Crippen molar-refractivity contribution in [3.8, 4) is 0 Å². The van der Waals surface area contributed by atoms with E-state index in [1.807, 2.05) is 55.4 Å². The molecule has 16 heteroatoms. The Morgan fingerprint density at radius 1 is 0.338 bits per heavy atom. The highest BCUT2D eigenvalue weighted by atomic mass is 16.6. The van der Waals surface area contributed by atoms with E-state index in [4.69, 9.17) is 18.9 Å². The largest absolute Gasteiger partial charge is 0.454 e. The van der Waals surface area contributed by atoms with Crippen LogP contribution in [0.15, 0.2) is 20.0 Å². The minimum atomic E-state index is -0.758. The average molecular weight is 1120 g/mol.